The van der Waals surface area contributed by atoms with E-state index in [0.717, 1.165) is 0 Å². The molecule has 2 aromatic rings. The van der Waals surface area contributed by atoms with Crippen molar-refractivity contribution in [2.75, 3.05) is 11.5 Å². The van der Waals surface area contributed by atoms with E-state index in [1.807, 2.05) is 0 Å². The van der Waals surface area contributed by atoms with Crippen LogP contribution in [0.4, 0.5) is 5.82 Å². The maximum absolute atomic E-state index is 12.3. The summed E-state index contributed by atoms with van der Waals surface area (Å²) in [5, 5.41) is 2.78. The van der Waals surface area contributed by atoms with E-state index in [4.69, 9.17) is 5.73 Å². The van der Waals surface area contributed by atoms with Crippen molar-refractivity contribution < 1.29 is 13.2 Å². The average molecular weight is 318 g/mol. The van der Waals surface area contributed by atoms with Crippen molar-refractivity contribution in [3.8, 4) is 0 Å². The summed E-state index contributed by atoms with van der Waals surface area (Å²) in [6.45, 7) is 0. The van der Waals surface area contributed by atoms with Gasteiger partial charge in [0.1, 0.15) is 0 Å². The van der Waals surface area contributed by atoms with Crippen LogP contribution in [0, 0.1) is 0 Å². The Labute approximate surface area is 127 Å². The van der Waals surface area contributed by atoms with Gasteiger partial charge in [-0.05, 0) is 18.1 Å². The summed E-state index contributed by atoms with van der Waals surface area (Å²) < 4.78 is 24.1. The number of amides is 1. The number of nitrogens with one attached hydrogen (secondary N) is 1. The van der Waals surface area contributed by atoms with E-state index in [-0.39, 0.29) is 22.2 Å². The maximum Gasteiger partial charge on any atom is 0.274 e. The smallest absolute Gasteiger partial charge is 0.274 e. The Hall–Kier alpha value is -2.48. The van der Waals surface area contributed by atoms with Crippen LogP contribution in [0.25, 0.3) is 0 Å². The molecule has 0 spiro atoms. The van der Waals surface area contributed by atoms with Gasteiger partial charge in [0.15, 0.2) is 21.3 Å². The molecule has 7 nitrogen and oxygen atoms in total. The molecular formula is C14H14N4O3S. The van der Waals surface area contributed by atoms with Crippen LogP contribution in [0.1, 0.15) is 28.5 Å². The van der Waals surface area contributed by atoms with Gasteiger partial charge in [-0.3, -0.25) is 4.79 Å². The fourth-order valence-corrected chi connectivity index (χ4v) is 4.11. The number of fused-ring (bicyclic) bond motifs is 1. The third-order valence-corrected chi connectivity index (χ3v) is 5.37. The number of nitrogens with two attached hydrogens (primary N) is 1. The van der Waals surface area contributed by atoms with Crippen molar-refractivity contribution in [3.05, 3.63) is 47.9 Å². The minimum Gasteiger partial charge on any atom is -0.382 e. The van der Waals surface area contributed by atoms with Gasteiger partial charge in [-0.2, -0.15) is 0 Å². The number of hydrogen-bond acceptors (Lipinski definition) is 6. The lowest BCUT2D eigenvalue weighted by molar-refractivity contribution is 0.0930. The summed E-state index contributed by atoms with van der Waals surface area (Å²) in [5.41, 5.74) is 6.26. The lowest BCUT2D eigenvalue weighted by Crippen LogP contribution is -2.34. The number of nitrogen functional groups attached to an aromatic ring is 1. The summed E-state index contributed by atoms with van der Waals surface area (Å²) >= 11 is 0. The predicted octanol–water partition coefficient (Wildman–Crippen LogP) is 0.707. The second-order valence-electron chi connectivity index (χ2n) is 4.96. The maximum atomic E-state index is 12.3. The van der Waals surface area contributed by atoms with E-state index < -0.39 is 21.8 Å². The van der Waals surface area contributed by atoms with Gasteiger partial charge in [-0.1, -0.05) is 18.2 Å². The van der Waals surface area contributed by atoms with Crippen LogP contribution in [-0.4, -0.2) is 30.0 Å². The molecular weight excluding hydrogens is 304 g/mol. The molecule has 3 N–H and O–H groups in total. The number of carbonyl (C=O) groups is 1. The number of anilines is 1. The second-order valence-corrected chi connectivity index (χ2v) is 7.04. The number of nitrogens with zero attached hydrogens (tertiary/aromatic N) is 2. The summed E-state index contributed by atoms with van der Waals surface area (Å²) in [6, 6.07) is 6.28. The quantitative estimate of drug-likeness (QED) is 0.842. The summed E-state index contributed by atoms with van der Waals surface area (Å²) in [7, 11) is -3.29. The molecule has 114 valence electrons. The first-order valence-corrected chi connectivity index (χ1v) is 8.33. The molecule has 1 aliphatic heterocycles. The van der Waals surface area contributed by atoms with E-state index in [1.54, 1.807) is 24.3 Å². The Morgan fingerprint density at radius 3 is 2.73 bits per heavy atom. The van der Waals surface area contributed by atoms with Gasteiger partial charge in [0, 0.05) is 12.4 Å². The molecule has 1 atom stereocenters. The Morgan fingerprint density at radius 1 is 1.23 bits per heavy atom. The van der Waals surface area contributed by atoms with E-state index in [9.17, 15) is 13.2 Å². The van der Waals surface area contributed by atoms with Gasteiger partial charge in [0.25, 0.3) is 5.91 Å². The van der Waals surface area contributed by atoms with E-state index >= 15 is 0 Å². The fraction of sp³-hybridized carbons (Fsp3) is 0.214. The standard InChI is InChI=1S/C14H14N4O3S/c15-13-12(16-6-7-17-13)14(19)18-10-5-8-22(20,21)11-4-2-1-3-9(10)11/h1-4,6-7,10H,5,8H2,(H2,15,17)(H,18,19). The Bertz CT molecular complexity index is 835. The summed E-state index contributed by atoms with van der Waals surface area (Å²) in [6.07, 6.45) is 3.09. The van der Waals surface area contributed by atoms with E-state index in [0.29, 0.717) is 12.0 Å². The topological polar surface area (TPSA) is 115 Å². The first-order valence-electron chi connectivity index (χ1n) is 6.68. The number of carbonyl (C=O) groups excluding carboxylic acids is 1. The minimum absolute atomic E-state index is 0.00902. The van der Waals surface area contributed by atoms with E-state index in [2.05, 4.69) is 15.3 Å². The van der Waals surface area contributed by atoms with Gasteiger partial charge in [-0.25, -0.2) is 18.4 Å². The normalized spacial score (nSPS) is 19.2. The SMILES string of the molecule is Nc1nccnc1C(=O)NC1CCS(=O)(=O)c2ccccc21. The van der Waals surface area contributed by atoms with Gasteiger partial charge in [0.2, 0.25) is 0 Å². The molecule has 1 aliphatic rings. The van der Waals surface area contributed by atoms with Crippen LogP contribution in [-0.2, 0) is 9.84 Å². The number of sulfone groups is 1. The third-order valence-electron chi connectivity index (χ3n) is 3.55. The van der Waals surface area contributed by atoms with Gasteiger partial charge in [-0.15, -0.1) is 0 Å². The average Bonchev–Trinajstić information content (AvgIpc) is 2.51. The largest absolute Gasteiger partial charge is 0.382 e. The molecule has 22 heavy (non-hydrogen) atoms. The van der Waals surface area contributed by atoms with Gasteiger partial charge in [0.05, 0.1) is 16.7 Å². The van der Waals surface area contributed by atoms with Crippen molar-refractivity contribution in [3.63, 3.8) is 0 Å². The highest BCUT2D eigenvalue weighted by molar-refractivity contribution is 7.91. The summed E-state index contributed by atoms with van der Waals surface area (Å²) in [5.74, 6) is -0.438. The summed E-state index contributed by atoms with van der Waals surface area (Å²) in [4.78, 5) is 20.3. The molecule has 0 fully saturated rings. The minimum atomic E-state index is -3.29. The molecule has 0 saturated carbocycles. The number of aromatic nitrogens is 2. The first kappa shape index (κ1) is 14.5. The molecule has 1 aromatic carbocycles. The predicted molar refractivity (Wildman–Crippen MR) is 79.8 cm³/mol. The molecule has 0 bridgehead atoms. The molecule has 1 amide bonds. The van der Waals surface area contributed by atoms with Crippen LogP contribution in [0.15, 0.2) is 41.6 Å². The van der Waals surface area contributed by atoms with Crippen molar-refractivity contribution in [2.45, 2.75) is 17.4 Å². The number of hydrogen-bond donors (Lipinski definition) is 2. The fourth-order valence-electron chi connectivity index (χ4n) is 2.49. The first-order chi connectivity index (χ1) is 10.5. The monoisotopic (exact) mass is 318 g/mol. The lowest BCUT2D eigenvalue weighted by atomic mass is 10.0. The van der Waals surface area contributed by atoms with Crippen LogP contribution in [0.5, 0.6) is 0 Å². The third kappa shape index (κ3) is 2.52. The zero-order valence-electron chi connectivity index (χ0n) is 11.6. The highest BCUT2D eigenvalue weighted by Gasteiger charge is 2.31. The van der Waals surface area contributed by atoms with Crippen molar-refractivity contribution in [2.24, 2.45) is 0 Å². The zero-order chi connectivity index (χ0) is 15.7. The van der Waals surface area contributed by atoms with Gasteiger partial charge >= 0.3 is 0 Å². The Morgan fingerprint density at radius 2 is 1.95 bits per heavy atom. The van der Waals surface area contributed by atoms with Gasteiger partial charge < -0.3 is 11.1 Å². The second kappa shape index (κ2) is 5.38. The van der Waals surface area contributed by atoms with Crippen molar-refractivity contribution in [1.82, 2.24) is 15.3 Å². The molecule has 1 aromatic heterocycles. The highest BCUT2D eigenvalue weighted by atomic mass is 32.2. The van der Waals surface area contributed by atoms with Crippen LogP contribution < -0.4 is 11.1 Å². The number of rotatable bonds is 2. The molecule has 8 heteroatoms. The van der Waals surface area contributed by atoms with Crippen molar-refractivity contribution in [1.29, 1.82) is 0 Å². The van der Waals surface area contributed by atoms with Crippen LogP contribution >= 0.6 is 0 Å². The highest BCUT2D eigenvalue weighted by Crippen LogP contribution is 2.32. The number of benzene rings is 1. The lowest BCUT2D eigenvalue weighted by Gasteiger charge is -2.26. The zero-order valence-corrected chi connectivity index (χ0v) is 12.4. The molecule has 0 radical (unpaired) electrons. The molecule has 0 aliphatic carbocycles. The van der Waals surface area contributed by atoms with E-state index in [1.165, 1.54) is 12.4 Å². The Balaban J connectivity index is 1.91. The molecule has 3 rings (SSSR count). The van der Waals surface area contributed by atoms with Crippen LogP contribution in [0.2, 0.25) is 0 Å². The molecule has 1 unspecified atom stereocenters. The Kier molecular flexibility index (Phi) is 3.53. The van der Waals surface area contributed by atoms with Crippen LogP contribution in [0.3, 0.4) is 0 Å². The molecule has 0 saturated heterocycles. The molecule has 2 heterocycles. The van der Waals surface area contributed by atoms with Crippen molar-refractivity contribution >= 4 is 21.6 Å².